The van der Waals surface area contributed by atoms with E-state index in [4.69, 9.17) is 4.74 Å². The average Bonchev–Trinajstić information content (AvgIpc) is 3.19. The molecule has 0 spiro atoms. The summed E-state index contributed by atoms with van der Waals surface area (Å²) < 4.78 is 5.61. The van der Waals surface area contributed by atoms with Crippen LogP contribution in [-0.2, 0) is 22.6 Å². The molecule has 3 heterocycles. The lowest BCUT2D eigenvalue weighted by atomic mass is 10.1. The summed E-state index contributed by atoms with van der Waals surface area (Å²) in [5.41, 5.74) is 3.58. The van der Waals surface area contributed by atoms with Crippen LogP contribution in [0.3, 0.4) is 0 Å². The van der Waals surface area contributed by atoms with Gasteiger partial charge in [0.2, 0.25) is 5.91 Å². The summed E-state index contributed by atoms with van der Waals surface area (Å²) in [6.45, 7) is 9.52. The van der Waals surface area contributed by atoms with Gasteiger partial charge in [-0.3, -0.25) is 4.79 Å². The van der Waals surface area contributed by atoms with Gasteiger partial charge < -0.3 is 10.1 Å². The van der Waals surface area contributed by atoms with Gasteiger partial charge in [0.1, 0.15) is 21.2 Å². The Labute approximate surface area is 177 Å². The van der Waals surface area contributed by atoms with E-state index < -0.39 is 0 Å². The Kier molecular flexibility index (Phi) is 7.45. The highest BCUT2D eigenvalue weighted by molar-refractivity contribution is 8.00. The van der Waals surface area contributed by atoms with Crippen LogP contribution >= 0.6 is 34.4 Å². The van der Waals surface area contributed by atoms with Crippen LogP contribution in [0.15, 0.2) is 16.7 Å². The largest absolute Gasteiger partial charge is 0.377 e. The second kappa shape index (κ2) is 9.82. The number of aromatic nitrogens is 2. The number of ether oxygens (including phenoxy) is 1. The number of carbonyl (C=O) groups excluding carboxylic acids is 1. The molecule has 28 heavy (non-hydrogen) atoms. The molecule has 0 atom stereocenters. The Morgan fingerprint density at radius 3 is 2.86 bits per heavy atom. The number of aryl methyl sites for hydroxylation is 3. The molecule has 1 N–H and O–H groups in total. The molecule has 3 aromatic rings. The first-order valence-electron chi connectivity index (χ1n) is 9.35. The number of hydrogen-bond acceptors (Lipinski definition) is 7. The van der Waals surface area contributed by atoms with Gasteiger partial charge >= 0.3 is 0 Å². The quantitative estimate of drug-likeness (QED) is 0.351. The van der Waals surface area contributed by atoms with Crippen molar-refractivity contribution in [1.29, 1.82) is 0 Å². The normalized spacial score (nSPS) is 11.3. The Hall–Kier alpha value is -1.48. The lowest BCUT2D eigenvalue weighted by molar-refractivity contribution is -0.113. The molecule has 1 amide bonds. The van der Waals surface area contributed by atoms with Gasteiger partial charge in [-0.15, -0.1) is 22.7 Å². The van der Waals surface area contributed by atoms with Crippen LogP contribution < -0.4 is 5.32 Å². The molecule has 0 aliphatic rings. The lowest BCUT2D eigenvalue weighted by Gasteiger charge is -2.09. The number of nitrogens with one attached hydrogen (secondary N) is 1. The molecular formula is C20H25N3O2S3. The van der Waals surface area contributed by atoms with E-state index in [0.717, 1.165) is 38.6 Å². The topological polar surface area (TPSA) is 64.1 Å². The molecule has 150 valence electrons. The highest BCUT2D eigenvalue weighted by atomic mass is 32.2. The molecule has 0 aliphatic heterocycles. The number of thiophene rings is 2. The van der Waals surface area contributed by atoms with Crippen molar-refractivity contribution in [2.24, 2.45) is 0 Å². The van der Waals surface area contributed by atoms with Gasteiger partial charge in [-0.2, -0.15) is 0 Å². The number of nitrogens with zero attached hydrogens (tertiary/aromatic N) is 2. The van der Waals surface area contributed by atoms with Crippen molar-refractivity contribution >= 4 is 55.6 Å². The van der Waals surface area contributed by atoms with Gasteiger partial charge in [0.05, 0.1) is 12.4 Å². The molecule has 5 nitrogen and oxygen atoms in total. The number of thioether (sulfide) groups is 1. The second-order valence-electron chi connectivity index (χ2n) is 6.43. The summed E-state index contributed by atoms with van der Waals surface area (Å²) in [5, 5.41) is 8.05. The average molecular weight is 436 g/mol. The maximum absolute atomic E-state index is 12.6. The third-order valence-corrected chi connectivity index (χ3v) is 7.57. The Morgan fingerprint density at radius 2 is 2.11 bits per heavy atom. The van der Waals surface area contributed by atoms with Gasteiger partial charge in [0.25, 0.3) is 0 Å². The molecule has 0 aromatic carbocycles. The van der Waals surface area contributed by atoms with Gasteiger partial charge in [-0.05, 0) is 43.7 Å². The number of rotatable bonds is 9. The van der Waals surface area contributed by atoms with E-state index in [2.05, 4.69) is 41.4 Å². The van der Waals surface area contributed by atoms with Crippen LogP contribution in [0.2, 0.25) is 0 Å². The van der Waals surface area contributed by atoms with Crippen molar-refractivity contribution in [2.75, 3.05) is 17.7 Å². The van der Waals surface area contributed by atoms with Crippen molar-refractivity contribution in [3.63, 3.8) is 0 Å². The van der Waals surface area contributed by atoms with Crippen molar-refractivity contribution in [3.05, 3.63) is 33.3 Å². The fraction of sp³-hybridized carbons (Fsp3) is 0.450. The Balaban J connectivity index is 1.70. The summed E-state index contributed by atoms with van der Waals surface area (Å²) in [7, 11) is 0. The van der Waals surface area contributed by atoms with Crippen LogP contribution in [-0.4, -0.2) is 28.2 Å². The zero-order valence-corrected chi connectivity index (χ0v) is 19.1. The van der Waals surface area contributed by atoms with Crippen LogP contribution in [0, 0.1) is 13.8 Å². The predicted molar refractivity (Wildman–Crippen MR) is 120 cm³/mol. The number of carbonyl (C=O) groups is 1. The summed E-state index contributed by atoms with van der Waals surface area (Å²) >= 11 is 4.71. The molecule has 0 unspecified atom stereocenters. The third-order valence-electron chi connectivity index (χ3n) is 4.47. The number of anilines is 1. The number of fused-ring (bicyclic) bond motifs is 1. The molecule has 3 rings (SSSR count). The monoisotopic (exact) mass is 435 g/mol. The van der Waals surface area contributed by atoms with Crippen molar-refractivity contribution in [2.45, 2.75) is 52.2 Å². The molecule has 0 fully saturated rings. The van der Waals surface area contributed by atoms with Crippen molar-refractivity contribution < 1.29 is 9.53 Å². The maximum Gasteiger partial charge on any atom is 0.235 e. The van der Waals surface area contributed by atoms with Crippen molar-refractivity contribution in [3.8, 4) is 0 Å². The Morgan fingerprint density at radius 1 is 1.29 bits per heavy atom. The van der Waals surface area contributed by atoms with E-state index in [0.29, 0.717) is 19.0 Å². The zero-order valence-electron chi connectivity index (χ0n) is 16.6. The smallest absolute Gasteiger partial charge is 0.235 e. The van der Waals surface area contributed by atoms with Crippen LogP contribution in [0.1, 0.15) is 41.8 Å². The first-order valence-corrected chi connectivity index (χ1v) is 12.0. The minimum absolute atomic E-state index is 0.0241. The van der Waals surface area contributed by atoms with Crippen molar-refractivity contribution in [1.82, 2.24) is 9.97 Å². The highest BCUT2D eigenvalue weighted by Gasteiger charge is 2.16. The highest BCUT2D eigenvalue weighted by Crippen LogP contribution is 2.35. The van der Waals surface area contributed by atoms with E-state index in [-0.39, 0.29) is 5.91 Å². The maximum atomic E-state index is 12.6. The standard InChI is InChI=1S/C20H25N3O2S3/c1-5-7-14-9-26-18(15(14)8-25-6-2)23-16(24)10-27-19-17-12(3)13(4)28-20(17)22-11-21-19/h9,11H,5-8,10H2,1-4H3,(H,23,24). The molecule has 0 saturated carbocycles. The summed E-state index contributed by atoms with van der Waals surface area (Å²) in [6.07, 6.45) is 3.65. The van der Waals surface area contributed by atoms with Crippen LogP contribution in [0.4, 0.5) is 5.00 Å². The molecule has 0 bridgehead atoms. The first-order chi connectivity index (χ1) is 13.5. The van der Waals surface area contributed by atoms with Gasteiger partial charge in [0.15, 0.2) is 0 Å². The molecule has 8 heteroatoms. The number of amides is 1. The van der Waals surface area contributed by atoms with Gasteiger partial charge in [-0.25, -0.2) is 9.97 Å². The molecule has 0 saturated heterocycles. The van der Waals surface area contributed by atoms with Gasteiger partial charge in [-0.1, -0.05) is 25.1 Å². The molecular weight excluding hydrogens is 410 g/mol. The molecule has 0 radical (unpaired) electrons. The fourth-order valence-corrected chi connectivity index (χ4v) is 5.86. The third kappa shape index (κ3) is 4.74. The van der Waals surface area contributed by atoms with E-state index in [1.807, 2.05) is 6.92 Å². The Bertz CT molecular complexity index is 965. The lowest BCUT2D eigenvalue weighted by Crippen LogP contribution is -2.15. The zero-order chi connectivity index (χ0) is 20.1. The van der Waals surface area contributed by atoms with E-state index in [9.17, 15) is 4.79 Å². The summed E-state index contributed by atoms with van der Waals surface area (Å²) in [6, 6.07) is 0. The SMILES string of the molecule is CCCc1csc(NC(=O)CSc2ncnc3sc(C)c(C)c23)c1COCC. The second-order valence-corrected chi connectivity index (χ2v) is 9.48. The number of hydrogen-bond donors (Lipinski definition) is 1. The fourth-order valence-electron chi connectivity index (χ4n) is 2.92. The summed E-state index contributed by atoms with van der Waals surface area (Å²) in [5.74, 6) is 0.291. The summed E-state index contributed by atoms with van der Waals surface area (Å²) in [4.78, 5) is 23.6. The van der Waals surface area contributed by atoms with E-state index in [1.54, 1.807) is 29.0 Å². The van der Waals surface area contributed by atoms with E-state index >= 15 is 0 Å². The minimum Gasteiger partial charge on any atom is -0.377 e. The molecule has 3 aromatic heterocycles. The van der Waals surface area contributed by atoms with Gasteiger partial charge in [0, 0.05) is 22.4 Å². The van der Waals surface area contributed by atoms with Crippen LogP contribution in [0.25, 0.3) is 10.2 Å². The molecule has 0 aliphatic carbocycles. The first kappa shape index (κ1) is 21.2. The van der Waals surface area contributed by atoms with E-state index in [1.165, 1.54) is 27.8 Å². The predicted octanol–water partition coefficient (Wildman–Crippen LogP) is 5.59. The van der Waals surface area contributed by atoms with Crippen LogP contribution in [0.5, 0.6) is 0 Å². The minimum atomic E-state index is -0.0241.